The molecule has 8 nitrogen and oxygen atoms in total. The highest BCUT2D eigenvalue weighted by Crippen LogP contribution is 2.21. The number of tetrazole rings is 1. The Hall–Kier alpha value is -3.03. The fourth-order valence-electron chi connectivity index (χ4n) is 3.33. The number of benzene rings is 1. The lowest BCUT2D eigenvalue weighted by Crippen LogP contribution is -2.44. The van der Waals surface area contributed by atoms with Gasteiger partial charge in [-0.1, -0.05) is 30.3 Å². The van der Waals surface area contributed by atoms with Gasteiger partial charge in [0, 0.05) is 19.6 Å². The monoisotopic (exact) mass is 351 g/mol. The Labute approximate surface area is 151 Å². The number of fused-ring (bicyclic) bond motifs is 1. The van der Waals surface area contributed by atoms with E-state index in [2.05, 4.69) is 43.0 Å². The molecule has 0 spiro atoms. The first-order valence-electron chi connectivity index (χ1n) is 8.91. The number of carbonyl (C=O) groups is 1. The number of carbonyl (C=O) groups excluding carboxylic acids is 1. The van der Waals surface area contributed by atoms with Crippen molar-refractivity contribution < 1.29 is 4.79 Å². The van der Waals surface area contributed by atoms with E-state index < -0.39 is 0 Å². The van der Waals surface area contributed by atoms with Crippen LogP contribution in [0.3, 0.4) is 0 Å². The molecule has 1 N–H and O–H groups in total. The summed E-state index contributed by atoms with van der Waals surface area (Å²) in [6.07, 6.45) is 2.72. The molecule has 1 amide bonds. The highest BCUT2D eigenvalue weighted by Gasteiger charge is 2.26. The van der Waals surface area contributed by atoms with Gasteiger partial charge in [0.2, 0.25) is 5.91 Å². The number of amides is 1. The van der Waals surface area contributed by atoms with Crippen molar-refractivity contribution in [3.05, 3.63) is 48.0 Å². The lowest BCUT2D eigenvalue weighted by molar-refractivity contribution is -0.125. The molecular formula is C18H21N7O. The summed E-state index contributed by atoms with van der Waals surface area (Å²) < 4.78 is 1.42. The Morgan fingerprint density at radius 2 is 2.08 bits per heavy atom. The lowest BCUT2D eigenvalue weighted by atomic mass is 9.97. The molecule has 26 heavy (non-hydrogen) atoms. The maximum absolute atomic E-state index is 12.5. The van der Waals surface area contributed by atoms with Crippen LogP contribution in [0.2, 0.25) is 0 Å². The first-order valence-corrected chi connectivity index (χ1v) is 8.91. The molecule has 0 bridgehead atoms. The largest absolute Gasteiger partial charge is 0.355 e. The van der Waals surface area contributed by atoms with E-state index in [0.29, 0.717) is 18.7 Å². The fraction of sp³-hybridized carbons (Fsp3) is 0.389. The van der Waals surface area contributed by atoms with Crippen LogP contribution in [0.25, 0.3) is 5.65 Å². The van der Waals surface area contributed by atoms with Crippen LogP contribution in [0.5, 0.6) is 0 Å². The Morgan fingerprint density at radius 3 is 2.96 bits per heavy atom. The Kier molecular flexibility index (Phi) is 4.72. The second kappa shape index (κ2) is 7.47. The number of nitrogens with zero attached hydrogens (tertiary/aromatic N) is 6. The number of hydrogen-bond acceptors (Lipinski definition) is 6. The van der Waals surface area contributed by atoms with Crippen LogP contribution in [0.4, 0.5) is 5.82 Å². The van der Waals surface area contributed by atoms with Crippen LogP contribution in [0, 0.1) is 5.92 Å². The van der Waals surface area contributed by atoms with Gasteiger partial charge in [0.25, 0.3) is 0 Å². The van der Waals surface area contributed by atoms with Crippen LogP contribution >= 0.6 is 0 Å². The van der Waals surface area contributed by atoms with Crippen LogP contribution < -0.4 is 10.2 Å². The summed E-state index contributed by atoms with van der Waals surface area (Å²) >= 11 is 0. The van der Waals surface area contributed by atoms with Crippen molar-refractivity contribution in [3.8, 4) is 0 Å². The SMILES string of the molecule is O=C(NCCc1ccccc1)C1CCCN(c2ccc3nnnn3n2)C1. The smallest absolute Gasteiger partial charge is 0.224 e. The molecule has 0 radical (unpaired) electrons. The van der Waals surface area contributed by atoms with E-state index in [1.165, 1.54) is 10.2 Å². The average Bonchev–Trinajstić information content (AvgIpc) is 3.16. The summed E-state index contributed by atoms with van der Waals surface area (Å²) in [7, 11) is 0. The van der Waals surface area contributed by atoms with Crippen LogP contribution in [0.15, 0.2) is 42.5 Å². The van der Waals surface area contributed by atoms with Gasteiger partial charge in [0.05, 0.1) is 5.92 Å². The van der Waals surface area contributed by atoms with Gasteiger partial charge < -0.3 is 10.2 Å². The zero-order valence-corrected chi connectivity index (χ0v) is 14.5. The quantitative estimate of drug-likeness (QED) is 0.740. The number of anilines is 1. The Morgan fingerprint density at radius 1 is 1.19 bits per heavy atom. The highest BCUT2D eigenvalue weighted by molar-refractivity contribution is 5.79. The molecular weight excluding hydrogens is 330 g/mol. The minimum absolute atomic E-state index is 0.0223. The summed E-state index contributed by atoms with van der Waals surface area (Å²) in [6, 6.07) is 13.9. The maximum atomic E-state index is 12.5. The first-order chi connectivity index (χ1) is 12.8. The van der Waals surface area contributed by atoms with Gasteiger partial charge >= 0.3 is 0 Å². The zero-order chi connectivity index (χ0) is 17.8. The molecule has 1 aromatic carbocycles. The molecule has 4 rings (SSSR count). The summed E-state index contributed by atoms with van der Waals surface area (Å²) in [4.78, 5) is 14.7. The average molecular weight is 351 g/mol. The van der Waals surface area contributed by atoms with Crippen LogP contribution in [-0.2, 0) is 11.2 Å². The van der Waals surface area contributed by atoms with Crippen molar-refractivity contribution in [2.45, 2.75) is 19.3 Å². The third kappa shape index (κ3) is 3.63. The molecule has 0 saturated carbocycles. The van der Waals surface area contributed by atoms with E-state index in [0.717, 1.165) is 31.6 Å². The Balaban J connectivity index is 1.34. The molecule has 1 atom stereocenters. The van der Waals surface area contributed by atoms with Gasteiger partial charge in [0.15, 0.2) is 11.5 Å². The van der Waals surface area contributed by atoms with Gasteiger partial charge in [-0.15, -0.1) is 14.8 Å². The van der Waals surface area contributed by atoms with Gasteiger partial charge in [-0.2, -0.15) is 0 Å². The zero-order valence-electron chi connectivity index (χ0n) is 14.5. The highest BCUT2D eigenvalue weighted by atomic mass is 16.1. The predicted molar refractivity (Wildman–Crippen MR) is 96.7 cm³/mol. The van der Waals surface area contributed by atoms with Crippen molar-refractivity contribution in [1.29, 1.82) is 0 Å². The molecule has 0 aliphatic carbocycles. The van der Waals surface area contributed by atoms with E-state index in [-0.39, 0.29) is 11.8 Å². The molecule has 3 aromatic rings. The summed E-state index contributed by atoms with van der Waals surface area (Å²) in [5, 5.41) is 18.8. The Bertz CT molecular complexity index is 879. The maximum Gasteiger partial charge on any atom is 0.224 e. The summed E-state index contributed by atoms with van der Waals surface area (Å²) in [6.45, 7) is 2.21. The van der Waals surface area contributed by atoms with Crippen molar-refractivity contribution in [2.24, 2.45) is 5.92 Å². The minimum atomic E-state index is -0.0223. The van der Waals surface area contributed by atoms with Crippen LogP contribution in [0.1, 0.15) is 18.4 Å². The summed E-state index contributed by atoms with van der Waals surface area (Å²) in [5.41, 5.74) is 1.85. The fourth-order valence-corrected chi connectivity index (χ4v) is 3.33. The number of rotatable bonds is 5. The third-order valence-corrected chi connectivity index (χ3v) is 4.73. The minimum Gasteiger partial charge on any atom is -0.355 e. The summed E-state index contributed by atoms with van der Waals surface area (Å²) in [5.74, 6) is 0.895. The van der Waals surface area contributed by atoms with Crippen LogP contribution in [-0.4, -0.2) is 50.8 Å². The molecule has 2 aromatic heterocycles. The number of hydrogen-bond donors (Lipinski definition) is 1. The normalized spacial score (nSPS) is 17.4. The third-order valence-electron chi connectivity index (χ3n) is 4.73. The molecule has 8 heteroatoms. The van der Waals surface area contributed by atoms with Gasteiger partial charge in [-0.25, -0.2) is 0 Å². The molecule has 3 heterocycles. The van der Waals surface area contributed by atoms with Gasteiger partial charge in [-0.3, -0.25) is 4.79 Å². The van der Waals surface area contributed by atoms with E-state index in [1.54, 1.807) is 0 Å². The number of aromatic nitrogens is 5. The molecule has 1 aliphatic heterocycles. The van der Waals surface area contributed by atoms with E-state index in [4.69, 9.17) is 0 Å². The molecule has 134 valence electrons. The van der Waals surface area contributed by atoms with E-state index >= 15 is 0 Å². The van der Waals surface area contributed by atoms with Crippen molar-refractivity contribution in [3.63, 3.8) is 0 Å². The van der Waals surface area contributed by atoms with Crippen molar-refractivity contribution in [1.82, 2.24) is 30.6 Å². The van der Waals surface area contributed by atoms with Crippen molar-refractivity contribution >= 4 is 17.4 Å². The van der Waals surface area contributed by atoms with Gasteiger partial charge in [0.1, 0.15) is 0 Å². The molecule has 1 fully saturated rings. The molecule has 1 unspecified atom stereocenters. The van der Waals surface area contributed by atoms with E-state index in [1.807, 2.05) is 30.3 Å². The topological polar surface area (TPSA) is 88.3 Å². The van der Waals surface area contributed by atoms with Gasteiger partial charge in [-0.05, 0) is 47.4 Å². The van der Waals surface area contributed by atoms with E-state index in [9.17, 15) is 4.79 Å². The number of nitrogens with one attached hydrogen (secondary N) is 1. The second-order valence-electron chi connectivity index (χ2n) is 6.53. The predicted octanol–water partition coefficient (Wildman–Crippen LogP) is 1.09. The molecule has 1 aliphatic rings. The first kappa shape index (κ1) is 16.4. The lowest BCUT2D eigenvalue weighted by Gasteiger charge is -2.32. The van der Waals surface area contributed by atoms with Crippen molar-refractivity contribution in [2.75, 3.05) is 24.5 Å². The second-order valence-corrected chi connectivity index (χ2v) is 6.53. The molecule has 1 saturated heterocycles. The number of piperidine rings is 1. The standard InChI is InChI=1S/C18H21N7O/c26-18(19-11-10-14-5-2-1-3-6-14)15-7-4-12-24(13-15)17-9-8-16-20-22-23-25(16)21-17/h1-3,5-6,8-9,15H,4,7,10-13H2,(H,19,26).